The molecule has 0 amide bonds. The molecule has 0 heterocycles. The number of hydrogen-bond donors (Lipinski definition) is 0. The van der Waals surface area contributed by atoms with Gasteiger partial charge < -0.3 is 0 Å². The molecule has 0 aromatic heterocycles. The van der Waals surface area contributed by atoms with Crippen molar-refractivity contribution in [2.45, 2.75) is 19.8 Å². The minimum atomic E-state index is 0.202. The lowest BCUT2D eigenvalue weighted by atomic mass is 10.0. The van der Waals surface area contributed by atoms with Gasteiger partial charge >= 0.3 is 0 Å². The topological polar surface area (TPSA) is 23.8 Å². The monoisotopic (exact) mass is 133 g/mol. The molecule has 0 N–H and O–H groups in total. The summed E-state index contributed by atoms with van der Waals surface area (Å²) in [5.74, 6) is 0.202. The second-order valence-electron chi connectivity index (χ2n) is 2.65. The summed E-state index contributed by atoms with van der Waals surface area (Å²) in [6, 6.07) is 2.27. The zero-order valence-electron chi connectivity index (χ0n) is 6.17. The summed E-state index contributed by atoms with van der Waals surface area (Å²) >= 11 is 0. The van der Waals surface area contributed by atoms with Gasteiger partial charge in [0.05, 0.1) is 12.0 Å². The summed E-state index contributed by atoms with van der Waals surface area (Å²) in [4.78, 5) is 0. The third-order valence-electron chi connectivity index (χ3n) is 1.71. The molecule has 0 aromatic carbocycles. The Morgan fingerprint density at radius 3 is 3.10 bits per heavy atom. The van der Waals surface area contributed by atoms with Crippen molar-refractivity contribution < 1.29 is 0 Å². The highest BCUT2D eigenvalue weighted by atomic mass is 14.3. The van der Waals surface area contributed by atoms with E-state index in [9.17, 15) is 0 Å². The predicted molar refractivity (Wildman–Crippen MR) is 41.2 cm³/mol. The molecule has 1 heteroatoms. The second-order valence-corrected chi connectivity index (χ2v) is 2.65. The minimum absolute atomic E-state index is 0.202. The third kappa shape index (κ3) is 1.73. The van der Waals surface area contributed by atoms with Gasteiger partial charge in [-0.15, -0.1) is 0 Å². The second kappa shape index (κ2) is 3.22. The van der Waals surface area contributed by atoms with E-state index in [1.807, 2.05) is 0 Å². The number of allylic oxidation sites excluding steroid dienone is 4. The van der Waals surface area contributed by atoms with Crippen LogP contribution in [0.1, 0.15) is 19.8 Å². The summed E-state index contributed by atoms with van der Waals surface area (Å²) in [6.45, 7) is 2.07. The van der Waals surface area contributed by atoms with Gasteiger partial charge in [-0.2, -0.15) is 5.26 Å². The summed E-state index contributed by atoms with van der Waals surface area (Å²) in [5, 5.41) is 8.59. The van der Waals surface area contributed by atoms with E-state index >= 15 is 0 Å². The van der Waals surface area contributed by atoms with E-state index in [4.69, 9.17) is 5.26 Å². The first-order chi connectivity index (χ1) is 4.83. The average Bonchev–Trinajstić information content (AvgIpc) is 2.14. The first-order valence-corrected chi connectivity index (χ1v) is 3.56. The number of rotatable bonds is 0. The van der Waals surface area contributed by atoms with Crippen molar-refractivity contribution in [3.8, 4) is 6.07 Å². The normalized spacial score (nSPS) is 24.8. The molecule has 0 saturated heterocycles. The molecule has 1 unspecified atom stereocenters. The van der Waals surface area contributed by atoms with Gasteiger partial charge in [0.1, 0.15) is 0 Å². The van der Waals surface area contributed by atoms with E-state index in [2.05, 4.69) is 31.2 Å². The molecule has 1 aliphatic carbocycles. The first-order valence-electron chi connectivity index (χ1n) is 3.56. The lowest BCUT2D eigenvalue weighted by Crippen LogP contribution is -1.90. The molecule has 0 fully saturated rings. The van der Waals surface area contributed by atoms with Crippen LogP contribution in [0, 0.1) is 17.2 Å². The van der Waals surface area contributed by atoms with Crippen LogP contribution in [-0.2, 0) is 0 Å². The Morgan fingerprint density at radius 2 is 2.40 bits per heavy atom. The van der Waals surface area contributed by atoms with Crippen LogP contribution in [0.5, 0.6) is 0 Å². The van der Waals surface area contributed by atoms with E-state index in [1.54, 1.807) is 0 Å². The third-order valence-corrected chi connectivity index (χ3v) is 1.71. The van der Waals surface area contributed by atoms with Gasteiger partial charge in [0.15, 0.2) is 0 Å². The molecule has 1 nitrogen and oxygen atoms in total. The molecule has 0 aliphatic heterocycles. The molecule has 10 heavy (non-hydrogen) atoms. The molecule has 1 atom stereocenters. The van der Waals surface area contributed by atoms with Crippen molar-refractivity contribution in [2.75, 3.05) is 0 Å². The van der Waals surface area contributed by atoms with Crippen LogP contribution in [0.4, 0.5) is 0 Å². The smallest absolute Gasteiger partial charge is 0.0662 e. The van der Waals surface area contributed by atoms with Crippen LogP contribution in [0.25, 0.3) is 0 Å². The van der Waals surface area contributed by atoms with Gasteiger partial charge in [0, 0.05) is 0 Å². The lowest BCUT2D eigenvalue weighted by Gasteiger charge is -1.97. The summed E-state index contributed by atoms with van der Waals surface area (Å²) in [7, 11) is 0. The Morgan fingerprint density at radius 1 is 1.60 bits per heavy atom. The highest BCUT2D eigenvalue weighted by molar-refractivity contribution is 5.19. The fraction of sp³-hybridized carbons (Fsp3) is 0.444. The van der Waals surface area contributed by atoms with E-state index in [0.29, 0.717) is 0 Å². The number of hydrogen-bond acceptors (Lipinski definition) is 1. The molecule has 0 saturated carbocycles. The van der Waals surface area contributed by atoms with Crippen LogP contribution in [-0.4, -0.2) is 0 Å². The summed E-state index contributed by atoms with van der Waals surface area (Å²) in [6.07, 6.45) is 8.10. The first kappa shape index (κ1) is 7.08. The lowest BCUT2D eigenvalue weighted by molar-refractivity contribution is 0.694. The van der Waals surface area contributed by atoms with E-state index in [1.165, 1.54) is 5.57 Å². The van der Waals surface area contributed by atoms with Gasteiger partial charge in [-0.3, -0.25) is 0 Å². The Bertz CT molecular complexity index is 205. The standard InChI is InChI=1S/C9H11N/c1-8-3-2-4-9(7-10)6-5-8/h2-3,5,9H,4,6H2,1H3. The van der Waals surface area contributed by atoms with E-state index in [-0.39, 0.29) is 5.92 Å². The van der Waals surface area contributed by atoms with E-state index in [0.717, 1.165) is 12.8 Å². The van der Waals surface area contributed by atoms with Gasteiger partial charge in [-0.25, -0.2) is 0 Å². The molecule has 1 rings (SSSR count). The van der Waals surface area contributed by atoms with Gasteiger partial charge in [-0.1, -0.05) is 23.8 Å². The molecule has 0 radical (unpaired) electrons. The van der Waals surface area contributed by atoms with Crippen molar-refractivity contribution >= 4 is 0 Å². The van der Waals surface area contributed by atoms with Gasteiger partial charge in [0.2, 0.25) is 0 Å². The highest BCUT2D eigenvalue weighted by Crippen LogP contribution is 2.15. The Kier molecular flexibility index (Phi) is 2.28. The molecule has 52 valence electrons. The maximum atomic E-state index is 8.59. The van der Waals surface area contributed by atoms with Crippen molar-refractivity contribution in [1.29, 1.82) is 5.26 Å². The Hall–Kier alpha value is -1.03. The fourth-order valence-electron chi connectivity index (χ4n) is 1.02. The molecular formula is C9H11N. The quantitative estimate of drug-likeness (QED) is 0.498. The fourth-order valence-corrected chi connectivity index (χ4v) is 1.02. The van der Waals surface area contributed by atoms with Crippen molar-refractivity contribution in [1.82, 2.24) is 0 Å². The largest absolute Gasteiger partial charge is 0.198 e. The van der Waals surface area contributed by atoms with Crippen molar-refractivity contribution in [3.63, 3.8) is 0 Å². The highest BCUT2D eigenvalue weighted by Gasteiger charge is 2.04. The molecule has 1 aliphatic rings. The molecule has 0 spiro atoms. The maximum Gasteiger partial charge on any atom is 0.0662 e. The predicted octanol–water partition coefficient (Wildman–Crippen LogP) is 2.42. The number of nitrogens with zero attached hydrogens (tertiary/aromatic N) is 1. The van der Waals surface area contributed by atoms with Crippen molar-refractivity contribution in [3.05, 3.63) is 23.8 Å². The van der Waals surface area contributed by atoms with Crippen molar-refractivity contribution in [2.24, 2.45) is 5.92 Å². The van der Waals surface area contributed by atoms with Crippen LogP contribution in [0.2, 0.25) is 0 Å². The Labute approximate surface area is 61.7 Å². The zero-order chi connectivity index (χ0) is 7.40. The van der Waals surface area contributed by atoms with Crippen LogP contribution < -0.4 is 0 Å². The van der Waals surface area contributed by atoms with Gasteiger partial charge in [0.25, 0.3) is 0 Å². The van der Waals surface area contributed by atoms with Crippen LogP contribution >= 0.6 is 0 Å². The van der Waals surface area contributed by atoms with E-state index < -0.39 is 0 Å². The molecule has 0 bridgehead atoms. The van der Waals surface area contributed by atoms with Gasteiger partial charge in [-0.05, 0) is 19.8 Å². The molecular weight excluding hydrogens is 122 g/mol. The van der Waals surface area contributed by atoms with Crippen LogP contribution in [0.15, 0.2) is 23.8 Å². The molecule has 0 aromatic rings. The zero-order valence-corrected chi connectivity index (χ0v) is 6.17. The van der Waals surface area contributed by atoms with Crippen LogP contribution in [0.3, 0.4) is 0 Å². The maximum absolute atomic E-state index is 8.59. The number of nitriles is 1. The SMILES string of the molecule is CC1=CCC(C#N)CC=C1. The summed E-state index contributed by atoms with van der Waals surface area (Å²) < 4.78 is 0. The Balaban J connectivity index is 2.63. The average molecular weight is 133 g/mol. The minimum Gasteiger partial charge on any atom is -0.198 e. The summed E-state index contributed by atoms with van der Waals surface area (Å²) in [5.41, 5.74) is 1.28.